The predicted octanol–water partition coefficient (Wildman–Crippen LogP) is 3.90. The molecule has 0 bridgehead atoms. The molecular weight excluding hydrogens is 354 g/mol. The van der Waals surface area contributed by atoms with Crippen LogP contribution in [0.1, 0.15) is 38.8 Å². The lowest BCUT2D eigenvalue weighted by molar-refractivity contribution is 0.0692. The number of aromatic carboxylic acids is 1. The Balaban J connectivity index is 0.000000237. The topological polar surface area (TPSA) is 101 Å². The number of nitrogens with two attached hydrogens (primary N) is 1. The smallest absolute Gasteiger partial charge is 0.336 e. The minimum absolute atomic E-state index is 0.0319. The number of phenols is 1. The molecule has 0 aromatic heterocycles. The number of carbonyl (C=O) groups is 2. The molecule has 0 aliphatic heterocycles. The molecule has 144 valence electrons. The Morgan fingerprint density at radius 1 is 0.857 bits per heavy atom. The number of hydrogen-bond acceptors (Lipinski definition) is 4. The van der Waals surface area contributed by atoms with Crippen molar-refractivity contribution in [3.8, 4) is 5.75 Å². The van der Waals surface area contributed by atoms with Crippen molar-refractivity contribution < 1.29 is 19.8 Å². The zero-order chi connectivity index (χ0) is 20.5. The molecule has 0 radical (unpaired) electrons. The van der Waals surface area contributed by atoms with Gasteiger partial charge in [-0.3, -0.25) is 4.79 Å². The van der Waals surface area contributed by atoms with Crippen LogP contribution in [0.4, 0.5) is 0 Å². The number of rotatable bonds is 5. The van der Waals surface area contributed by atoms with Crippen molar-refractivity contribution in [1.29, 1.82) is 0 Å². The largest absolute Gasteiger partial charge is 0.508 e. The summed E-state index contributed by atoms with van der Waals surface area (Å²) in [5, 5.41) is 18.2. The van der Waals surface area contributed by atoms with E-state index in [-0.39, 0.29) is 28.7 Å². The number of aromatic hydroxyl groups is 1. The van der Waals surface area contributed by atoms with E-state index in [1.54, 1.807) is 12.1 Å². The lowest BCUT2D eigenvalue weighted by atomic mass is 9.98. The summed E-state index contributed by atoms with van der Waals surface area (Å²) in [7, 11) is 0. The second kappa shape index (κ2) is 10.0. The molecule has 0 spiro atoms. The number of carboxylic acids is 1. The molecule has 0 saturated carbocycles. The van der Waals surface area contributed by atoms with Gasteiger partial charge in [0.15, 0.2) is 5.78 Å². The van der Waals surface area contributed by atoms with E-state index in [0.29, 0.717) is 5.56 Å². The maximum Gasteiger partial charge on any atom is 0.336 e. The van der Waals surface area contributed by atoms with Gasteiger partial charge in [0.05, 0.1) is 5.56 Å². The van der Waals surface area contributed by atoms with E-state index in [9.17, 15) is 9.59 Å². The number of benzene rings is 3. The van der Waals surface area contributed by atoms with E-state index >= 15 is 0 Å². The van der Waals surface area contributed by atoms with Gasteiger partial charge in [-0.15, -0.1) is 0 Å². The Labute approximate surface area is 164 Å². The fourth-order valence-corrected chi connectivity index (χ4v) is 2.62. The van der Waals surface area contributed by atoms with E-state index in [2.05, 4.69) is 12.1 Å². The molecule has 3 rings (SSSR count). The van der Waals surface area contributed by atoms with Crippen molar-refractivity contribution in [3.05, 3.63) is 101 Å². The molecule has 28 heavy (non-hydrogen) atoms. The Bertz CT molecular complexity index is 919. The Hall–Kier alpha value is -3.44. The number of phenolic OH excluding ortho intramolecular Hbond substituents is 1. The first-order valence-electron chi connectivity index (χ1n) is 8.84. The molecule has 5 nitrogen and oxygen atoms in total. The highest BCUT2D eigenvalue weighted by Gasteiger charge is 2.17. The molecule has 3 aromatic carbocycles. The van der Waals surface area contributed by atoms with Crippen molar-refractivity contribution in [2.24, 2.45) is 5.73 Å². The lowest BCUT2D eigenvalue weighted by Gasteiger charge is -2.05. The Morgan fingerprint density at radius 3 is 1.93 bits per heavy atom. The summed E-state index contributed by atoms with van der Waals surface area (Å²) in [4.78, 5) is 23.2. The second-order valence-corrected chi connectivity index (χ2v) is 6.39. The van der Waals surface area contributed by atoms with Crippen molar-refractivity contribution in [2.75, 3.05) is 0 Å². The van der Waals surface area contributed by atoms with Crippen LogP contribution >= 0.6 is 0 Å². The monoisotopic (exact) mass is 377 g/mol. The number of hydrogen-bond donors (Lipinski definition) is 3. The minimum atomic E-state index is -1.14. The summed E-state index contributed by atoms with van der Waals surface area (Å²) in [6.45, 7) is 2.02. The first-order chi connectivity index (χ1) is 13.4. The van der Waals surface area contributed by atoms with Gasteiger partial charge in [0, 0.05) is 17.2 Å². The molecule has 0 saturated heterocycles. The van der Waals surface area contributed by atoms with Crippen molar-refractivity contribution in [3.63, 3.8) is 0 Å². The molecule has 1 unspecified atom stereocenters. The number of carbonyl (C=O) groups excluding carboxylic acids is 1. The minimum Gasteiger partial charge on any atom is -0.508 e. The van der Waals surface area contributed by atoms with Crippen molar-refractivity contribution in [2.45, 2.75) is 19.4 Å². The van der Waals surface area contributed by atoms with Gasteiger partial charge in [-0.2, -0.15) is 0 Å². The molecule has 3 aromatic rings. The molecular formula is C23H23NO4. The lowest BCUT2D eigenvalue weighted by Crippen LogP contribution is -2.17. The maximum atomic E-state index is 12.1. The Morgan fingerprint density at radius 2 is 1.39 bits per heavy atom. The van der Waals surface area contributed by atoms with E-state index in [1.165, 1.54) is 42.0 Å². The summed E-state index contributed by atoms with van der Waals surface area (Å²) < 4.78 is 0. The Kier molecular flexibility index (Phi) is 7.48. The van der Waals surface area contributed by atoms with Crippen LogP contribution in [0, 0.1) is 0 Å². The third kappa shape index (κ3) is 6.07. The molecule has 0 aliphatic carbocycles. The summed E-state index contributed by atoms with van der Waals surface area (Å²) >= 11 is 0. The zero-order valence-electron chi connectivity index (χ0n) is 15.6. The van der Waals surface area contributed by atoms with Crippen LogP contribution in [0.15, 0.2) is 78.9 Å². The molecule has 4 N–H and O–H groups in total. The first-order valence-corrected chi connectivity index (χ1v) is 8.84. The van der Waals surface area contributed by atoms with Crippen LogP contribution in [0.2, 0.25) is 0 Å². The molecule has 0 fully saturated rings. The van der Waals surface area contributed by atoms with E-state index in [1.807, 2.05) is 25.1 Å². The average Bonchev–Trinajstić information content (AvgIpc) is 2.69. The van der Waals surface area contributed by atoms with Gasteiger partial charge in [-0.05, 0) is 49.2 Å². The van der Waals surface area contributed by atoms with E-state index < -0.39 is 5.97 Å². The number of carboxylic acid groups (broad SMARTS) is 1. The number of ketones is 1. The van der Waals surface area contributed by atoms with Gasteiger partial charge in [0.25, 0.3) is 0 Å². The van der Waals surface area contributed by atoms with Gasteiger partial charge in [0.1, 0.15) is 5.75 Å². The maximum absolute atomic E-state index is 12.1. The standard InChI is InChI=1S/C14H10O4.C9H13N/c15-10-7-5-9(6-8-10)13(16)11-3-1-2-4-12(11)14(17)18;1-8(10)7-9-5-3-2-4-6-9/h1-8,15H,(H,17,18);2-6,8H,7,10H2,1H3. The van der Waals surface area contributed by atoms with Crippen LogP contribution in [0.5, 0.6) is 5.75 Å². The SMILES string of the molecule is CC(N)Cc1ccccc1.O=C(O)c1ccccc1C(=O)c1ccc(O)cc1. The zero-order valence-corrected chi connectivity index (χ0v) is 15.6. The summed E-state index contributed by atoms with van der Waals surface area (Å²) in [6, 6.07) is 22.3. The fraction of sp³-hybridized carbons (Fsp3) is 0.130. The summed E-state index contributed by atoms with van der Waals surface area (Å²) in [5.41, 5.74) is 7.38. The van der Waals surface area contributed by atoms with Crippen LogP contribution in [0.3, 0.4) is 0 Å². The van der Waals surface area contributed by atoms with E-state index in [4.69, 9.17) is 15.9 Å². The molecule has 0 aliphatic rings. The highest BCUT2D eigenvalue weighted by Crippen LogP contribution is 2.17. The van der Waals surface area contributed by atoms with Crippen LogP contribution in [-0.4, -0.2) is 28.0 Å². The fourth-order valence-electron chi connectivity index (χ4n) is 2.62. The summed E-state index contributed by atoms with van der Waals surface area (Å²) in [5.74, 6) is -1.47. The molecule has 1 atom stereocenters. The van der Waals surface area contributed by atoms with Crippen LogP contribution in [-0.2, 0) is 6.42 Å². The van der Waals surface area contributed by atoms with Crippen LogP contribution < -0.4 is 5.73 Å². The highest BCUT2D eigenvalue weighted by molar-refractivity contribution is 6.14. The predicted molar refractivity (Wildman–Crippen MR) is 109 cm³/mol. The van der Waals surface area contributed by atoms with Gasteiger partial charge in [-0.1, -0.05) is 48.5 Å². The normalized spacial score (nSPS) is 11.1. The third-order valence-corrected chi connectivity index (χ3v) is 3.93. The van der Waals surface area contributed by atoms with Crippen molar-refractivity contribution >= 4 is 11.8 Å². The molecule has 5 heteroatoms. The average molecular weight is 377 g/mol. The van der Waals surface area contributed by atoms with Crippen molar-refractivity contribution in [1.82, 2.24) is 0 Å². The first kappa shape index (κ1) is 20.9. The highest BCUT2D eigenvalue weighted by atomic mass is 16.4. The van der Waals surface area contributed by atoms with Gasteiger partial charge in [0.2, 0.25) is 0 Å². The summed E-state index contributed by atoms with van der Waals surface area (Å²) in [6.07, 6.45) is 0.973. The molecule has 0 amide bonds. The van der Waals surface area contributed by atoms with E-state index in [0.717, 1.165) is 6.42 Å². The quantitative estimate of drug-likeness (QED) is 0.586. The van der Waals surface area contributed by atoms with Gasteiger partial charge >= 0.3 is 5.97 Å². The second-order valence-electron chi connectivity index (χ2n) is 6.39. The molecule has 0 heterocycles. The third-order valence-electron chi connectivity index (χ3n) is 3.93. The van der Waals surface area contributed by atoms with Gasteiger partial charge in [-0.25, -0.2) is 4.79 Å². The van der Waals surface area contributed by atoms with Gasteiger partial charge < -0.3 is 15.9 Å². The van der Waals surface area contributed by atoms with Crippen LogP contribution in [0.25, 0.3) is 0 Å².